The molecule has 0 bridgehead atoms. The highest BCUT2D eigenvalue weighted by Crippen LogP contribution is 2.22. The minimum Gasteiger partial charge on any atom is -0.371 e. The summed E-state index contributed by atoms with van der Waals surface area (Å²) in [6.45, 7) is 12.8. The Hall–Kier alpha value is -1.09. The van der Waals surface area contributed by atoms with E-state index in [9.17, 15) is 0 Å². The molecule has 1 aromatic rings. The molecule has 1 aliphatic rings. The Bertz CT molecular complexity index is 386. The Morgan fingerprint density at radius 1 is 1.10 bits per heavy atom. The Labute approximate surface area is 130 Å². The SMILES string of the molecule is CC(C)C(CNC1CCN(c2ccncc2)CC1)C(C)C. The van der Waals surface area contributed by atoms with Crippen LogP contribution in [0, 0.1) is 17.8 Å². The van der Waals surface area contributed by atoms with Gasteiger partial charge >= 0.3 is 0 Å². The molecule has 0 radical (unpaired) electrons. The second-order valence-corrected chi connectivity index (χ2v) is 7.03. The first-order chi connectivity index (χ1) is 10.1. The van der Waals surface area contributed by atoms with Crippen molar-refractivity contribution in [3.8, 4) is 0 Å². The molecule has 1 aliphatic heterocycles. The Balaban J connectivity index is 1.77. The molecule has 0 saturated carbocycles. The third-order valence-corrected chi connectivity index (χ3v) is 4.88. The lowest BCUT2D eigenvalue weighted by atomic mass is 9.85. The summed E-state index contributed by atoms with van der Waals surface area (Å²) in [6.07, 6.45) is 6.25. The summed E-state index contributed by atoms with van der Waals surface area (Å²) in [7, 11) is 0. The quantitative estimate of drug-likeness (QED) is 0.868. The van der Waals surface area contributed by atoms with Crippen LogP contribution in [0.5, 0.6) is 0 Å². The van der Waals surface area contributed by atoms with E-state index in [2.05, 4.69) is 55.0 Å². The van der Waals surface area contributed by atoms with Crippen LogP contribution in [-0.2, 0) is 0 Å². The van der Waals surface area contributed by atoms with E-state index < -0.39 is 0 Å². The molecule has 3 heteroatoms. The van der Waals surface area contributed by atoms with Crippen LogP contribution in [-0.4, -0.2) is 30.7 Å². The van der Waals surface area contributed by atoms with Gasteiger partial charge in [0, 0.05) is 37.2 Å². The Kier molecular flexibility index (Phi) is 6.04. The van der Waals surface area contributed by atoms with E-state index in [-0.39, 0.29) is 0 Å². The molecular weight excluding hydrogens is 258 g/mol. The summed E-state index contributed by atoms with van der Waals surface area (Å²) in [4.78, 5) is 6.57. The maximum absolute atomic E-state index is 4.10. The van der Waals surface area contributed by atoms with Crippen LogP contribution in [0.4, 0.5) is 5.69 Å². The van der Waals surface area contributed by atoms with Gasteiger partial charge in [0.2, 0.25) is 0 Å². The topological polar surface area (TPSA) is 28.2 Å². The Morgan fingerprint density at radius 2 is 1.67 bits per heavy atom. The number of hydrogen-bond donors (Lipinski definition) is 1. The molecule has 21 heavy (non-hydrogen) atoms. The van der Waals surface area contributed by atoms with Gasteiger partial charge in [0.25, 0.3) is 0 Å². The third kappa shape index (κ3) is 4.70. The molecule has 0 spiro atoms. The summed E-state index contributed by atoms with van der Waals surface area (Å²) in [6, 6.07) is 4.91. The van der Waals surface area contributed by atoms with Crippen molar-refractivity contribution in [2.24, 2.45) is 17.8 Å². The van der Waals surface area contributed by atoms with E-state index in [0.29, 0.717) is 6.04 Å². The van der Waals surface area contributed by atoms with E-state index in [1.807, 2.05) is 12.4 Å². The summed E-state index contributed by atoms with van der Waals surface area (Å²) >= 11 is 0. The van der Waals surface area contributed by atoms with Crippen molar-refractivity contribution in [1.29, 1.82) is 0 Å². The minimum absolute atomic E-state index is 0.683. The van der Waals surface area contributed by atoms with Crippen molar-refractivity contribution >= 4 is 5.69 Å². The van der Waals surface area contributed by atoms with E-state index in [1.54, 1.807) is 0 Å². The maximum atomic E-state index is 4.10. The number of piperidine rings is 1. The first-order valence-corrected chi connectivity index (χ1v) is 8.46. The van der Waals surface area contributed by atoms with Crippen molar-refractivity contribution in [3.05, 3.63) is 24.5 Å². The van der Waals surface area contributed by atoms with Crippen LogP contribution < -0.4 is 10.2 Å². The van der Waals surface area contributed by atoms with Gasteiger partial charge in [-0.15, -0.1) is 0 Å². The predicted molar refractivity (Wildman–Crippen MR) is 90.6 cm³/mol. The summed E-state index contributed by atoms with van der Waals surface area (Å²) in [5, 5.41) is 3.82. The Morgan fingerprint density at radius 3 is 2.19 bits per heavy atom. The molecule has 2 heterocycles. The molecule has 118 valence electrons. The van der Waals surface area contributed by atoms with E-state index in [0.717, 1.165) is 37.4 Å². The molecule has 1 fully saturated rings. The number of nitrogens with one attached hydrogen (secondary N) is 1. The number of aromatic nitrogens is 1. The molecule has 1 aromatic heterocycles. The fourth-order valence-electron chi connectivity index (χ4n) is 3.44. The number of nitrogens with zero attached hydrogens (tertiary/aromatic N) is 2. The second-order valence-electron chi connectivity index (χ2n) is 7.03. The van der Waals surface area contributed by atoms with Gasteiger partial charge in [-0.05, 0) is 49.3 Å². The van der Waals surface area contributed by atoms with Crippen LogP contribution in [0.1, 0.15) is 40.5 Å². The molecule has 1 saturated heterocycles. The average Bonchev–Trinajstić information content (AvgIpc) is 2.48. The maximum Gasteiger partial charge on any atom is 0.0397 e. The van der Waals surface area contributed by atoms with Gasteiger partial charge in [-0.3, -0.25) is 4.98 Å². The van der Waals surface area contributed by atoms with Crippen LogP contribution in [0.3, 0.4) is 0 Å². The second kappa shape index (κ2) is 7.79. The van der Waals surface area contributed by atoms with Crippen molar-refractivity contribution < 1.29 is 0 Å². The monoisotopic (exact) mass is 289 g/mol. The van der Waals surface area contributed by atoms with Crippen LogP contribution in [0.25, 0.3) is 0 Å². The first-order valence-electron chi connectivity index (χ1n) is 8.46. The third-order valence-electron chi connectivity index (χ3n) is 4.88. The summed E-state index contributed by atoms with van der Waals surface area (Å²) < 4.78 is 0. The number of hydrogen-bond acceptors (Lipinski definition) is 3. The fourth-order valence-corrected chi connectivity index (χ4v) is 3.44. The fraction of sp³-hybridized carbons (Fsp3) is 0.722. The van der Waals surface area contributed by atoms with Gasteiger partial charge in [0.1, 0.15) is 0 Å². The van der Waals surface area contributed by atoms with Gasteiger partial charge < -0.3 is 10.2 Å². The molecular formula is C18H31N3. The van der Waals surface area contributed by atoms with E-state index >= 15 is 0 Å². The van der Waals surface area contributed by atoms with Crippen molar-refractivity contribution in [2.45, 2.75) is 46.6 Å². The van der Waals surface area contributed by atoms with Gasteiger partial charge in [0.15, 0.2) is 0 Å². The van der Waals surface area contributed by atoms with Gasteiger partial charge in [-0.2, -0.15) is 0 Å². The lowest BCUT2D eigenvalue weighted by molar-refractivity contribution is 0.257. The summed E-state index contributed by atoms with van der Waals surface area (Å²) in [5.41, 5.74) is 1.31. The molecule has 1 N–H and O–H groups in total. The van der Waals surface area contributed by atoms with Gasteiger partial charge in [0.05, 0.1) is 0 Å². The normalized spacial score (nSPS) is 17.2. The zero-order valence-electron chi connectivity index (χ0n) is 14.0. The number of anilines is 1. The van der Waals surface area contributed by atoms with Crippen molar-refractivity contribution in [1.82, 2.24) is 10.3 Å². The predicted octanol–water partition coefficient (Wildman–Crippen LogP) is 3.57. The molecule has 3 nitrogen and oxygen atoms in total. The molecule has 0 unspecified atom stereocenters. The van der Waals surface area contributed by atoms with E-state index in [4.69, 9.17) is 0 Å². The molecule has 0 atom stereocenters. The zero-order chi connectivity index (χ0) is 15.2. The largest absolute Gasteiger partial charge is 0.371 e. The van der Waals surface area contributed by atoms with Crippen molar-refractivity contribution in [3.63, 3.8) is 0 Å². The minimum atomic E-state index is 0.683. The highest BCUT2D eigenvalue weighted by atomic mass is 15.1. The summed E-state index contributed by atoms with van der Waals surface area (Å²) in [5.74, 6) is 2.30. The standard InChI is InChI=1S/C18H31N3/c1-14(2)18(15(3)4)13-20-16-7-11-21(12-8-16)17-5-9-19-10-6-17/h5-6,9-10,14-16,18,20H,7-8,11-13H2,1-4H3. The van der Waals surface area contributed by atoms with Gasteiger partial charge in [-0.25, -0.2) is 0 Å². The van der Waals surface area contributed by atoms with Crippen molar-refractivity contribution in [2.75, 3.05) is 24.5 Å². The lowest BCUT2D eigenvalue weighted by Gasteiger charge is -2.35. The number of pyridine rings is 1. The zero-order valence-corrected chi connectivity index (χ0v) is 14.0. The number of rotatable bonds is 6. The molecule has 0 aliphatic carbocycles. The molecule has 0 amide bonds. The van der Waals surface area contributed by atoms with E-state index in [1.165, 1.54) is 18.5 Å². The van der Waals surface area contributed by atoms with Gasteiger partial charge in [-0.1, -0.05) is 27.7 Å². The van der Waals surface area contributed by atoms with Crippen LogP contribution in [0.2, 0.25) is 0 Å². The molecule has 0 aromatic carbocycles. The lowest BCUT2D eigenvalue weighted by Crippen LogP contribution is -2.45. The average molecular weight is 289 g/mol. The molecule has 2 rings (SSSR count). The smallest absolute Gasteiger partial charge is 0.0397 e. The van der Waals surface area contributed by atoms with Crippen LogP contribution >= 0.6 is 0 Å². The van der Waals surface area contributed by atoms with Crippen LogP contribution in [0.15, 0.2) is 24.5 Å². The highest BCUT2D eigenvalue weighted by molar-refractivity contribution is 5.44. The first kappa shape index (κ1) is 16.3. The highest BCUT2D eigenvalue weighted by Gasteiger charge is 2.22.